The van der Waals surface area contributed by atoms with E-state index in [9.17, 15) is 4.79 Å². The Kier molecular flexibility index (Phi) is 5.83. The minimum absolute atomic E-state index is 0.0276. The smallest absolute Gasteiger partial charge is 0.254 e. The summed E-state index contributed by atoms with van der Waals surface area (Å²) in [6.45, 7) is 4.03. The van der Waals surface area contributed by atoms with E-state index in [0.29, 0.717) is 30.2 Å². The van der Waals surface area contributed by atoms with Crippen molar-refractivity contribution in [1.82, 2.24) is 9.80 Å². The third-order valence-corrected chi connectivity index (χ3v) is 5.51. The van der Waals surface area contributed by atoms with Crippen LogP contribution in [0.15, 0.2) is 30.3 Å². The van der Waals surface area contributed by atoms with Gasteiger partial charge < -0.3 is 14.4 Å². The largest absolute Gasteiger partial charge is 0.493 e. The number of piperazine rings is 1. The number of carbonyl (C=O) groups is 1. The first-order valence-corrected chi connectivity index (χ1v) is 9.28. The molecular formula is C18H21ClN2O3S. The molecule has 5 nitrogen and oxygen atoms in total. The quantitative estimate of drug-likeness (QED) is 0.797. The van der Waals surface area contributed by atoms with E-state index in [-0.39, 0.29) is 5.91 Å². The standard InChI is InChI=1S/C18H21ClN2O3S/c1-23-15-5-3-13(11-16(15)24-2)18(22)21-9-7-20(8-10-21)12-14-4-6-17(19)25-14/h3-6,11H,7-10,12H2,1-2H3. The molecule has 1 aliphatic heterocycles. The first-order valence-electron chi connectivity index (χ1n) is 8.08. The van der Waals surface area contributed by atoms with E-state index >= 15 is 0 Å². The van der Waals surface area contributed by atoms with E-state index in [2.05, 4.69) is 11.0 Å². The zero-order valence-electron chi connectivity index (χ0n) is 14.3. The molecule has 134 valence electrons. The SMILES string of the molecule is COc1ccc(C(=O)N2CCN(Cc3ccc(Cl)s3)CC2)cc1OC. The Labute approximate surface area is 156 Å². The first-order chi connectivity index (χ1) is 12.1. The van der Waals surface area contributed by atoms with Gasteiger partial charge in [0.15, 0.2) is 11.5 Å². The van der Waals surface area contributed by atoms with Crippen molar-refractivity contribution in [3.63, 3.8) is 0 Å². The Morgan fingerprint density at radius 3 is 2.40 bits per heavy atom. The lowest BCUT2D eigenvalue weighted by atomic mass is 10.1. The molecule has 25 heavy (non-hydrogen) atoms. The molecule has 0 saturated carbocycles. The summed E-state index contributed by atoms with van der Waals surface area (Å²) >= 11 is 7.60. The Morgan fingerprint density at radius 2 is 1.80 bits per heavy atom. The van der Waals surface area contributed by atoms with Gasteiger partial charge in [0.1, 0.15) is 0 Å². The van der Waals surface area contributed by atoms with Crippen LogP contribution in [0, 0.1) is 0 Å². The van der Waals surface area contributed by atoms with Crippen LogP contribution in [0.5, 0.6) is 11.5 Å². The van der Waals surface area contributed by atoms with Gasteiger partial charge in [-0.15, -0.1) is 11.3 Å². The number of nitrogens with zero attached hydrogens (tertiary/aromatic N) is 2. The molecule has 1 aromatic carbocycles. The van der Waals surface area contributed by atoms with Gasteiger partial charge in [-0.3, -0.25) is 9.69 Å². The van der Waals surface area contributed by atoms with Crippen molar-refractivity contribution in [2.45, 2.75) is 6.54 Å². The average molecular weight is 381 g/mol. The lowest BCUT2D eigenvalue weighted by Gasteiger charge is -2.34. The monoisotopic (exact) mass is 380 g/mol. The second-order valence-electron chi connectivity index (χ2n) is 5.84. The molecule has 2 heterocycles. The molecule has 3 rings (SSSR count). The minimum Gasteiger partial charge on any atom is -0.493 e. The second-order valence-corrected chi connectivity index (χ2v) is 7.64. The molecule has 0 aliphatic carbocycles. The van der Waals surface area contributed by atoms with Crippen molar-refractivity contribution in [3.05, 3.63) is 45.1 Å². The van der Waals surface area contributed by atoms with Crippen LogP contribution in [0.2, 0.25) is 4.34 Å². The predicted molar refractivity (Wildman–Crippen MR) is 100 cm³/mol. The van der Waals surface area contributed by atoms with Crippen LogP contribution in [0.25, 0.3) is 0 Å². The van der Waals surface area contributed by atoms with Crippen LogP contribution < -0.4 is 9.47 Å². The fourth-order valence-electron chi connectivity index (χ4n) is 2.92. The number of amides is 1. The maximum Gasteiger partial charge on any atom is 0.254 e. The highest BCUT2D eigenvalue weighted by atomic mass is 35.5. The summed E-state index contributed by atoms with van der Waals surface area (Å²) in [4.78, 5) is 18.2. The maximum absolute atomic E-state index is 12.7. The normalized spacial score (nSPS) is 15.2. The van der Waals surface area contributed by atoms with Crippen LogP contribution >= 0.6 is 22.9 Å². The molecular weight excluding hydrogens is 360 g/mol. The third kappa shape index (κ3) is 4.26. The molecule has 0 unspecified atom stereocenters. The Morgan fingerprint density at radius 1 is 1.08 bits per heavy atom. The minimum atomic E-state index is 0.0276. The number of halogens is 1. The fourth-order valence-corrected chi connectivity index (χ4v) is 4.05. The van der Waals surface area contributed by atoms with E-state index in [1.807, 2.05) is 11.0 Å². The number of methoxy groups -OCH3 is 2. The van der Waals surface area contributed by atoms with Gasteiger partial charge in [0.2, 0.25) is 0 Å². The first kappa shape index (κ1) is 18.0. The molecule has 0 radical (unpaired) electrons. The van der Waals surface area contributed by atoms with Crippen molar-refractivity contribution >= 4 is 28.8 Å². The van der Waals surface area contributed by atoms with Crippen molar-refractivity contribution in [2.24, 2.45) is 0 Å². The van der Waals surface area contributed by atoms with Gasteiger partial charge in [0.25, 0.3) is 5.91 Å². The van der Waals surface area contributed by atoms with Gasteiger partial charge in [0, 0.05) is 43.2 Å². The van der Waals surface area contributed by atoms with E-state index in [1.54, 1.807) is 43.8 Å². The average Bonchev–Trinajstić information content (AvgIpc) is 3.06. The van der Waals surface area contributed by atoms with Crippen molar-refractivity contribution in [2.75, 3.05) is 40.4 Å². The molecule has 1 aromatic heterocycles. The van der Waals surface area contributed by atoms with E-state index < -0.39 is 0 Å². The van der Waals surface area contributed by atoms with Crippen LogP contribution in [0.3, 0.4) is 0 Å². The van der Waals surface area contributed by atoms with Crippen molar-refractivity contribution < 1.29 is 14.3 Å². The van der Waals surface area contributed by atoms with E-state index in [4.69, 9.17) is 21.1 Å². The lowest BCUT2D eigenvalue weighted by Crippen LogP contribution is -2.48. The Hall–Kier alpha value is -1.76. The number of hydrogen-bond donors (Lipinski definition) is 0. The second kappa shape index (κ2) is 8.08. The molecule has 1 amide bonds. The zero-order chi connectivity index (χ0) is 17.8. The fraction of sp³-hybridized carbons (Fsp3) is 0.389. The molecule has 1 fully saturated rings. The van der Waals surface area contributed by atoms with Gasteiger partial charge in [-0.25, -0.2) is 0 Å². The number of hydrogen-bond acceptors (Lipinski definition) is 5. The van der Waals surface area contributed by atoms with Crippen LogP contribution in [-0.4, -0.2) is 56.1 Å². The highest BCUT2D eigenvalue weighted by Crippen LogP contribution is 2.28. The van der Waals surface area contributed by atoms with Crippen LogP contribution in [0.4, 0.5) is 0 Å². The lowest BCUT2D eigenvalue weighted by molar-refractivity contribution is 0.0629. The highest BCUT2D eigenvalue weighted by molar-refractivity contribution is 7.16. The third-order valence-electron chi connectivity index (χ3n) is 4.30. The van der Waals surface area contributed by atoms with Crippen LogP contribution in [0.1, 0.15) is 15.2 Å². The highest BCUT2D eigenvalue weighted by Gasteiger charge is 2.23. The van der Waals surface area contributed by atoms with Gasteiger partial charge in [-0.1, -0.05) is 11.6 Å². The number of ether oxygens (including phenoxy) is 2. The maximum atomic E-state index is 12.7. The summed E-state index contributed by atoms with van der Waals surface area (Å²) in [6.07, 6.45) is 0. The van der Waals surface area contributed by atoms with Gasteiger partial charge in [0.05, 0.1) is 18.6 Å². The summed E-state index contributed by atoms with van der Waals surface area (Å²) in [5.41, 5.74) is 0.621. The Balaban J connectivity index is 1.59. The molecule has 0 spiro atoms. The number of thiophene rings is 1. The molecule has 2 aromatic rings. The molecule has 1 aliphatic rings. The number of benzene rings is 1. The van der Waals surface area contributed by atoms with Gasteiger partial charge >= 0.3 is 0 Å². The van der Waals surface area contributed by atoms with Gasteiger partial charge in [-0.2, -0.15) is 0 Å². The topological polar surface area (TPSA) is 42.0 Å². The summed E-state index contributed by atoms with van der Waals surface area (Å²) in [6, 6.07) is 9.28. The van der Waals surface area contributed by atoms with Crippen LogP contribution in [-0.2, 0) is 6.54 Å². The summed E-state index contributed by atoms with van der Waals surface area (Å²) in [7, 11) is 3.15. The number of rotatable bonds is 5. The summed E-state index contributed by atoms with van der Waals surface area (Å²) < 4.78 is 11.3. The zero-order valence-corrected chi connectivity index (χ0v) is 15.9. The molecule has 1 saturated heterocycles. The van der Waals surface area contributed by atoms with Crippen molar-refractivity contribution in [3.8, 4) is 11.5 Å². The molecule has 0 atom stereocenters. The summed E-state index contributed by atoms with van der Waals surface area (Å²) in [5, 5.41) is 0. The van der Waals surface area contributed by atoms with E-state index in [1.165, 1.54) is 4.88 Å². The molecule has 0 bridgehead atoms. The number of carbonyl (C=O) groups excluding carboxylic acids is 1. The van der Waals surface area contributed by atoms with Crippen molar-refractivity contribution in [1.29, 1.82) is 0 Å². The molecule has 7 heteroatoms. The van der Waals surface area contributed by atoms with E-state index in [0.717, 1.165) is 24.0 Å². The van der Waals surface area contributed by atoms with Gasteiger partial charge in [-0.05, 0) is 30.3 Å². The predicted octanol–water partition coefficient (Wildman–Crippen LogP) is 3.38. The summed E-state index contributed by atoms with van der Waals surface area (Å²) in [5.74, 6) is 1.22. The molecule has 0 N–H and O–H groups in total. The Bertz CT molecular complexity index is 742.